The van der Waals surface area contributed by atoms with Crippen LogP contribution in [-0.4, -0.2) is 22.1 Å². The molecule has 0 saturated heterocycles. The molecule has 0 aliphatic heterocycles. The molecule has 0 aliphatic carbocycles. The van der Waals surface area contributed by atoms with E-state index in [2.05, 4.69) is 5.32 Å². The number of nitro benzene ring substituents is 1. The first-order valence-electron chi connectivity index (χ1n) is 5.47. The van der Waals surface area contributed by atoms with Crippen LogP contribution in [0.5, 0.6) is 0 Å². The van der Waals surface area contributed by atoms with Crippen LogP contribution in [0.3, 0.4) is 0 Å². The second-order valence-corrected chi connectivity index (χ2v) is 5.00. The lowest BCUT2D eigenvalue weighted by atomic mass is 10.1. The van der Waals surface area contributed by atoms with Gasteiger partial charge in [-0.15, -0.1) is 0 Å². The van der Waals surface area contributed by atoms with Crippen LogP contribution in [0.2, 0.25) is 0 Å². The number of hydrogen-bond donors (Lipinski definition) is 2. The Bertz CT molecular complexity index is 399. The third-order valence-electron chi connectivity index (χ3n) is 2.29. The van der Waals surface area contributed by atoms with E-state index in [0.717, 1.165) is 0 Å². The first-order valence-corrected chi connectivity index (χ1v) is 5.47. The van der Waals surface area contributed by atoms with Crippen molar-refractivity contribution in [3.63, 3.8) is 0 Å². The van der Waals surface area contributed by atoms with Crippen molar-refractivity contribution in [2.45, 2.75) is 32.4 Å². The summed E-state index contributed by atoms with van der Waals surface area (Å²) in [6, 6.07) is 6.07. The fraction of sp³-hybridized carbons (Fsp3) is 0.500. The Balaban J connectivity index is 2.72. The van der Waals surface area contributed by atoms with E-state index in [-0.39, 0.29) is 11.2 Å². The SMILES string of the molecule is CC(C)(C)NCC(O)c1cccc([N+](=O)[O-])c1. The summed E-state index contributed by atoms with van der Waals surface area (Å²) in [7, 11) is 0. The van der Waals surface area contributed by atoms with Crippen LogP contribution < -0.4 is 5.32 Å². The van der Waals surface area contributed by atoms with Crippen LogP contribution in [0.15, 0.2) is 24.3 Å². The van der Waals surface area contributed by atoms with E-state index >= 15 is 0 Å². The molecule has 1 rings (SSSR count). The fourth-order valence-electron chi connectivity index (χ4n) is 1.37. The highest BCUT2D eigenvalue weighted by atomic mass is 16.6. The minimum absolute atomic E-state index is 0.00249. The van der Waals surface area contributed by atoms with Crippen LogP contribution in [-0.2, 0) is 0 Å². The number of aliphatic hydroxyl groups is 1. The summed E-state index contributed by atoms with van der Waals surface area (Å²) in [4.78, 5) is 10.1. The van der Waals surface area contributed by atoms with Gasteiger partial charge in [0.05, 0.1) is 11.0 Å². The third-order valence-corrected chi connectivity index (χ3v) is 2.29. The van der Waals surface area contributed by atoms with Crippen LogP contribution in [0.4, 0.5) is 5.69 Å². The van der Waals surface area contributed by atoms with Gasteiger partial charge in [0.25, 0.3) is 5.69 Å². The van der Waals surface area contributed by atoms with Crippen molar-refractivity contribution in [1.82, 2.24) is 5.32 Å². The van der Waals surface area contributed by atoms with E-state index in [4.69, 9.17) is 0 Å². The zero-order valence-corrected chi connectivity index (χ0v) is 10.3. The number of rotatable bonds is 4. The zero-order chi connectivity index (χ0) is 13.1. The minimum atomic E-state index is -0.742. The van der Waals surface area contributed by atoms with Crippen molar-refractivity contribution in [3.8, 4) is 0 Å². The summed E-state index contributed by atoms with van der Waals surface area (Å²) in [6.07, 6.45) is -0.742. The highest BCUT2D eigenvalue weighted by molar-refractivity contribution is 5.35. The van der Waals surface area contributed by atoms with E-state index < -0.39 is 11.0 Å². The molecule has 0 radical (unpaired) electrons. The molecule has 0 heterocycles. The molecule has 0 bridgehead atoms. The molecular formula is C12H18N2O3. The Morgan fingerprint density at radius 2 is 2.12 bits per heavy atom. The molecule has 5 heteroatoms. The van der Waals surface area contributed by atoms with Crippen LogP contribution in [0.1, 0.15) is 32.4 Å². The summed E-state index contributed by atoms with van der Waals surface area (Å²) in [6.45, 7) is 6.35. The van der Waals surface area contributed by atoms with E-state index in [0.29, 0.717) is 12.1 Å². The zero-order valence-electron chi connectivity index (χ0n) is 10.3. The van der Waals surface area contributed by atoms with Crippen molar-refractivity contribution in [3.05, 3.63) is 39.9 Å². The topological polar surface area (TPSA) is 75.4 Å². The average molecular weight is 238 g/mol. The Hall–Kier alpha value is -1.46. The highest BCUT2D eigenvalue weighted by Crippen LogP contribution is 2.19. The summed E-state index contributed by atoms with van der Waals surface area (Å²) >= 11 is 0. The number of nitrogens with zero attached hydrogens (tertiary/aromatic N) is 1. The molecule has 1 aromatic carbocycles. The Labute approximate surface area is 101 Å². The van der Waals surface area contributed by atoms with Crippen molar-refractivity contribution < 1.29 is 10.0 Å². The van der Waals surface area contributed by atoms with Gasteiger partial charge >= 0.3 is 0 Å². The van der Waals surface area contributed by atoms with Gasteiger partial charge in [0.1, 0.15) is 0 Å². The van der Waals surface area contributed by atoms with Gasteiger partial charge in [0.2, 0.25) is 0 Å². The predicted molar refractivity (Wildman–Crippen MR) is 65.8 cm³/mol. The van der Waals surface area contributed by atoms with E-state index in [1.54, 1.807) is 12.1 Å². The lowest BCUT2D eigenvalue weighted by Crippen LogP contribution is -2.38. The number of β-amino-alcohol motifs (C(OH)–C–C–N with tert-alkyl or cyclic N) is 1. The second kappa shape index (κ2) is 5.25. The molecule has 0 aliphatic rings. The van der Waals surface area contributed by atoms with E-state index in [1.807, 2.05) is 20.8 Å². The maximum absolute atomic E-state index is 10.6. The second-order valence-electron chi connectivity index (χ2n) is 5.00. The van der Waals surface area contributed by atoms with Crippen molar-refractivity contribution in [1.29, 1.82) is 0 Å². The van der Waals surface area contributed by atoms with Crippen molar-refractivity contribution in [2.24, 2.45) is 0 Å². The van der Waals surface area contributed by atoms with Crippen molar-refractivity contribution in [2.75, 3.05) is 6.54 Å². The number of nitrogens with one attached hydrogen (secondary N) is 1. The third kappa shape index (κ3) is 4.50. The molecule has 94 valence electrons. The first kappa shape index (κ1) is 13.6. The monoisotopic (exact) mass is 238 g/mol. The molecule has 0 spiro atoms. The van der Waals surface area contributed by atoms with Crippen molar-refractivity contribution >= 4 is 5.69 Å². The fourth-order valence-corrected chi connectivity index (χ4v) is 1.37. The van der Waals surface area contributed by atoms with Gasteiger partial charge in [0.15, 0.2) is 0 Å². The number of aliphatic hydroxyl groups excluding tert-OH is 1. The molecule has 1 aromatic rings. The minimum Gasteiger partial charge on any atom is -0.387 e. The maximum atomic E-state index is 10.6. The van der Waals surface area contributed by atoms with Crippen LogP contribution in [0.25, 0.3) is 0 Å². The highest BCUT2D eigenvalue weighted by Gasteiger charge is 2.15. The Morgan fingerprint density at radius 3 is 2.65 bits per heavy atom. The number of hydrogen-bond acceptors (Lipinski definition) is 4. The molecule has 5 nitrogen and oxygen atoms in total. The molecule has 0 fully saturated rings. The van der Waals surface area contributed by atoms with Crippen LogP contribution in [0, 0.1) is 10.1 Å². The molecule has 1 unspecified atom stereocenters. The molecule has 1 atom stereocenters. The van der Waals surface area contributed by atoms with Gasteiger partial charge in [-0.05, 0) is 26.3 Å². The molecule has 0 amide bonds. The summed E-state index contributed by atoms with van der Waals surface area (Å²) in [5.74, 6) is 0. The lowest BCUT2D eigenvalue weighted by molar-refractivity contribution is -0.385. The molecule has 0 saturated carbocycles. The summed E-state index contributed by atoms with van der Waals surface area (Å²) in [5.41, 5.74) is 0.454. The maximum Gasteiger partial charge on any atom is 0.269 e. The quantitative estimate of drug-likeness (QED) is 0.621. The lowest BCUT2D eigenvalue weighted by Gasteiger charge is -2.22. The Kier molecular flexibility index (Phi) is 4.20. The first-order chi connectivity index (χ1) is 7.79. The van der Waals surface area contributed by atoms with Gasteiger partial charge in [-0.1, -0.05) is 12.1 Å². The molecule has 17 heavy (non-hydrogen) atoms. The van der Waals surface area contributed by atoms with Gasteiger partial charge in [-0.2, -0.15) is 0 Å². The van der Waals surface area contributed by atoms with E-state index in [1.165, 1.54) is 12.1 Å². The molecule has 2 N–H and O–H groups in total. The number of non-ortho nitro benzene ring substituents is 1. The largest absolute Gasteiger partial charge is 0.387 e. The molecular weight excluding hydrogens is 220 g/mol. The molecule has 0 aromatic heterocycles. The standard InChI is InChI=1S/C12H18N2O3/c1-12(2,3)13-8-11(15)9-5-4-6-10(7-9)14(16)17/h4-7,11,13,15H,8H2,1-3H3. The number of nitro groups is 1. The summed E-state index contributed by atoms with van der Waals surface area (Å²) in [5, 5.41) is 23.7. The number of benzene rings is 1. The summed E-state index contributed by atoms with van der Waals surface area (Å²) < 4.78 is 0. The van der Waals surface area contributed by atoms with E-state index in [9.17, 15) is 15.2 Å². The van der Waals surface area contributed by atoms with Gasteiger partial charge in [0, 0.05) is 24.2 Å². The normalized spacial score (nSPS) is 13.4. The predicted octanol–water partition coefficient (Wildman–Crippen LogP) is 2.02. The smallest absolute Gasteiger partial charge is 0.269 e. The Morgan fingerprint density at radius 1 is 1.47 bits per heavy atom. The van der Waals surface area contributed by atoms with Gasteiger partial charge in [-0.3, -0.25) is 10.1 Å². The average Bonchev–Trinajstić information content (AvgIpc) is 2.25. The van der Waals surface area contributed by atoms with Crippen LogP contribution >= 0.6 is 0 Å². The van der Waals surface area contributed by atoms with Gasteiger partial charge in [-0.25, -0.2) is 0 Å². The van der Waals surface area contributed by atoms with Gasteiger partial charge < -0.3 is 10.4 Å².